The fraction of sp³-hybridized carbons (Fsp3) is 0.529. The molecule has 2 aromatic carbocycles. The van der Waals surface area contributed by atoms with Crippen LogP contribution in [0.1, 0.15) is 83.2 Å². The first-order chi connectivity index (χ1) is 20.5. The minimum atomic E-state index is -1.11. The maximum Gasteiger partial charge on any atom is 0.408 e. The number of rotatable bonds is 12. The molecule has 0 aliphatic rings. The second-order valence-corrected chi connectivity index (χ2v) is 13.3. The number of nitrogens with one attached hydrogen (secondary N) is 2. The van der Waals surface area contributed by atoms with Crippen LogP contribution < -0.4 is 10.6 Å². The average Bonchev–Trinajstić information content (AvgIpc) is 2.91. The number of hydrogen-bond donors (Lipinski definition) is 3. The van der Waals surface area contributed by atoms with E-state index in [0.29, 0.717) is 12.0 Å². The molecule has 3 amide bonds. The van der Waals surface area contributed by atoms with Crippen molar-refractivity contribution in [2.45, 2.75) is 104 Å². The minimum Gasteiger partial charge on any atom is -0.458 e. The number of alkyl carbamates (subject to hydrolysis) is 1. The lowest BCUT2D eigenvalue weighted by Crippen LogP contribution is -2.55. The topological polar surface area (TPSA) is 114 Å². The molecule has 0 aromatic heterocycles. The predicted molar refractivity (Wildman–Crippen MR) is 176 cm³/mol. The van der Waals surface area contributed by atoms with Gasteiger partial charge in [-0.1, -0.05) is 55.5 Å². The van der Waals surface area contributed by atoms with Gasteiger partial charge in [0.2, 0.25) is 11.8 Å². The highest BCUT2D eigenvalue weighted by Gasteiger charge is 2.38. The normalized spacial score (nSPS) is 13.7. The third-order valence-corrected chi connectivity index (χ3v) is 7.08. The van der Waals surface area contributed by atoms with Gasteiger partial charge < -0.3 is 25.0 Å². The fourth-order valence-electron chi connectivity index (χ4n) is 4.63. The Labute approximate surface area is 267 Å². The average molecular weight is 628 g/mol. The zero-order valence-corrected chi connectivity index (χ0v) is 28.4. The smallest absolute Gasteiger partial charge is 0.408 e. The van der Waals surface area contributed by atoms with Crippen LogP contribution in [0.5, 0.6) is 0 Å². The number of hydrogen-bond acceptors (Lipinski definition) is 7. The molecule has 2 aromatic rings. The van der Waals surface area contributed by atoms with Gasteiger partial charge in [0.15, 0.2) is 0 Å². The third kappa shape index (κ3) is 11.2. The number of benzene rings is 2. The number of ether oxygens (including phenoxy) is 2. The van der Waals surface area contributed by atoms with Crippen molar-refractivity contribution in [1.29, 1.82) is 0 Å². The van der Waals surface area contributed by atoms with Crippen LogP contribution >= 0.6 is 12.6 Å². The molecule has 44 heavy (non-hydrogen) atoms. The summed E-state index contributed by atoms with van der Waals surface area (Å²) >= 11 is 4.35. The van der Waals surface area contributed by atoms with Crippen molar-refractivity contribution < 1.29 is 28.7 Å². The largest absolute Gasteiger partial charge is 0.458 e. The Balaban J connectivity index is 2.58. The molecule has 0 radical (unpaired) electrons. The SMILES string of the molecule is CCCN(C(=O)C(CS)NC(=O)OC(C)(C)C)C(C(=O)NC(Cc1ccccc1)C(=O)OC(C)(C)C)c1cccc(C)c1C. The Morgan fingerprint density at radius 1 is 0.841 bits per heavy atom. The second kappa shape index (κ2) is 16.0. The van der Waals surface area contributed by atoms with Crippen molar-refractivity contribution in [2.75, 3.05) is 12.3 Å². The predicted octanol–water partition coefficient (Wildman–Crippen LogP) is 5.48. The first-order valence-electron chi connectivity index (χ1n) is 15.0. The number of carbonyl (C=O) groups excluding carboxylic acids is 4. The molecule has 2 rings (SSSR count). The van der Waals surface area contributed by atoms with E-state index in [-0.39, 0.29) is 18.7 Å². The summed E-state index contributed by atoms with van der Waals surface area (Å²) < 4.78 is 11.1. The van der Waals surface area contributed by atoms with E-state index in [2.05, 4.69) is 23.3 Å². The van der Waals surface area contributed by atoms with E-state index in [4.69, 9.17) is 9.47 Å². The number of aryl methyl sites for hydroxylation is 1. The number of nitrogens with zero attached hydrogens (tertiary/aromatic N) is 1. The van der Waals surface area contributed by atoms with Crippen molar-refractivity contribution in [3.05, 3.63) is 70.8 Å². The highest BCUT2D eigenvalue weighted by Crippen LogP contribution is 2.28. The number of carbonyl (C=O) groups is 4. The molecule has 242 valence electrons. The number of thiol groups is 1. The molecule has 3 atom stereocenters. The van der Waals surface area contributed by atoms with Crippen LogP contribution in [-0.4, -0.2) is 64.4 Å². The van der Waals surface area contributed by atoms with E-state index in [1.807, 2.05) is 63.2 Å². The summed E-state index contributed by atoms with van der Waals surface area (Å²) in [5, 5.41) is 5.53. The van der Waals surface area contributed by atoms with Crippen molar-refractivity contribution >= 4 is 36.5 Å². The van der Waals surface area contributed by atoms with Gasteiger partial charge in [-0.25, -0.2) is 9.59 Å². The molecule has 3 unspecified atom stereocenters. The van der Waals surface area contributed by atoms with Gasteiger partial charge in [-0.2, -0.15) is 12.6 Å². The lowest BCUT2D eigenvalue weighted by atomic mass is 9.94. The molecular weight excluding hydrogens is 578 g/mol. The standard InChI is InChI=1S/C34H49N3O6S/c1-10-19-37(30(39)27(21-44)36-32(41)43-34(7,8)9)28(25-18-14-15-22(2)23(25)3)29(38)35-26(31(40)42-33(4,5)6)20-24-16-12-11-13-17-24/h11-18,26-28,44H,10,19-21H2,1-9H3,(H,35,38)(H,36,41). The summed E-state index contributed by atoms with van der Waals surface area (Å²) in [7, 11) is 0. The third-order valence-electron chi connectivity index (χ3n) is 6.71. The van der Waals surface area contributed by atoms with Crippen LogP contribution in [0.2, 0.25) is 0 Å². The summed E-state index contributed by atoms with van der Waals surface area (Å²) in [5.41, 5.74) is 1.68. The van der Waals surface area contributed by atoms with Crippen LogP contribution in [0.15, 0.2) is 48.5 Å². The maximum absolute atomic E-state index is 14.4. The van der Waals surface area contributed by atoms with E-state index in [1.54, 1.807) is 47.6 Å². The van der Waals surface area contributed by atoms with Crippen LogP contribution in [0, 0.1) is 13.8 Å². The molecule has 2 N–H and O–H groups in total. The minimum absolute atomic E-state index is 0.0199. The molecule has 0 spiro atoms. The van der Waals surface area contributed by atoms with Gasteiger partial charge in [-0.05, 0) is 84.1 Å². The Bertz CT molecular complexity index is 1290. The van der Waals surface area contributed by atoms with Gasteiger partial charge in [0.05, 0.1) is 0 Å². The highest BCUT2D eigenvalue weighted by atomic mass is 32.1. The van der Waals surface area contributed by atoms with Gasteiger partial charge in [0, 0.05) is 18.7 Å². The fourth-order valence-corrected chi connectivity index (χ4v) is 4.88. The first-order valence-corrected chi connectivity index (χ1v) is 15.6. The molecule has 0 heterocycles. The van der Waals surface area contributed by atoms with Crippen molar-refractivity contribution in [1.82, 2.24) is 15.5 Å². The van der Waals surface area contributed by atoms with E-state index in [0.717, 1.165) is 16.7 Å². The Morgan fingerprint density at radius 2 is 1.45 bits per heavy atom. The molecule has 9 nitrogen and oxygen atoms in total. The van der Waals surface area contributed by atoms with Crippen molar-refractivity contribution in [3.63, 3.8) is 0 Å². The van der Waals surface area contributed by atoms with Crippen LogP contribution in [0.3, 0.4) is 0 Å². The Morgan fingerprint density at radius 3 is 2.00 bits per heavy atom. The quantitative estimate of drug-likeness (QED) is 0.212. The van der Waals surface area contributed by atoms with Crippen LogP contribution in [0.4, 0.5) is 4.79 Å². The molecule has 0 aliphatic carbocycles. The zero-order valence-electron chi connectivity index (χ0n) is 27.5. The van der Waals surface area contributed by atoms with Crippen molar-refractivity contribution in [2.24, 2.45) is 0 Å². The lowest BCUT2D eigenvalue weighted by molar-refractivity contribution is -0.159. The highest BCUT2D eigenvalue weighted by molar-refractivity contribution is 7.80. The maximum atomic E-state index is 14.4. The van der Waals surface area contributed by atoms with E-state index < -0.39 is 53.2 Å². The van der Waals surface area contributed by atoms with E-state index in [1.165, 1.54) is 4.90 Å². The number of esters is 1. The summed E-state index contributed by atoms with van der Waals surface area (Å²) in [6, 6.07) is 11.7. The van der Waals surface area contributed by atoms with E-state index >= 15 is 0 Å². The molecule has 10 heteroatoms. The first kappa shape index (κ1) is 36.7. The van der Waals surface area contributed by atoms with Crippen LogP contribution in [0.25, 0.3) is 0 Å². The summed E-state index contributed by atoms with van der Waals surface area (Å²) in [5.74, 6) is -1.63. The summed E-state index contributed by atoms with van der Waals surface area (Å²) in [6.07, 6.45) is -0.0321. The Kier molecular flexibility index (Phi) is 13.3. The van der Waals surface area contributed by atoms with Crippen LogP contribution in [-0.2, 0) is 30.3 Å². The molecule has 0 saturated carbocycles. The molecule has 0 fully saturated rings. The molecular formula is C34H49N3O6S. The monoisotopic (exact) mass is 627 g/mol. The second-order valence-electron chi connectivity index (χ2n) is 12.9. The lowest BCUT2D eigenvalue weighted by Gasteiger charge is -2.35. The molecule has 0 saturated heterocycles. The summed E-state index contributed by atoms with van der Waals surface area (Å²) in [4.78, 5) is 56.0. The zero-order chi connectivity index (χ0) is 33.2. The molecule has 0 aliphatic heterocycles. The summed E-state index contributed by atoms with van der Waals surface area (Å²) in [6.45, 7) is 16.4. The van der Waals surface area contributed by atoms with Gasteiger partial charge in [-0.15, -0.1) is 0 Å². The van der Waals surface area contributed by atoms with Gasteiger partial charge in [-0.3, -0.25) is 9.59 Å². The van der Waals surface area contributed by atoms with Gasteiger partial charge in [0.1, 0.15) is 29.3 Å². The van der Waals surface area contributed by atoms with Gasteiger partial charge >= 0.3 is 12.1 Å². The number of amides is 3. The molecule has 0 bridgehead atoms. The Hall–Kier alpha value is -3.53. The van der Waals surface area contributed by atoms with Crippen molar-refractivity contribution in [3.8, 4) is 0 Å². The van der Waals surface area contributed by atoms with E-state index in [9.17, 15) is 19.2 Å². The van der Waals surface area contributed by atoms with Gasteiger partial charge in [0.25, 0.3) is 0 Å².